The summed E-state index contributed by atoms with van der Waals surface area (Å²) >= 11 is 0. The van der Waals surface area contributed by atoms with E-state index in [9.17, 15) is 14.7 Å². The second-order valence-corrected chi connectivity index (χ2v) is 6.18. The number of benzene rings is 1. The monoisotopic (exact) mass is 320 g/mol. The Bertz CT molecular complexity index is 561. The Morgan fingerprint density at radius 3 is 2.43 bits per heavy atom. The van der Waals surface area contributed by atoms with Crippen LogP contribution in [0.3, 0.4) is 0 Å². The Morgan fingerprint density at radius 1 is 1.26 bits per heavy atom. The van der Waals surface area contributed by atoms with E-state index in [4.69, 9.17) is 5.11 Å². The highest BCUT2D eigenvalue weighted by Gasteiger charge is 2.46. The molecule has 0 aliphatic carbocycles. The lowest BCUT2D eigenvalue weighted by molar-refractivity contribution is -0.145. The number of amides is 1. The maximum atomic E-state index is 12.1. The topological polar surface area (TPSA) is 81.1 Å². The van der Waals surface area contributed by atoms with E-state index in [0.29, 0.717) is 13.0 Å². The van der Waals surface area contributed by atoms with Gasteiger partial charge < -0.3 is 15.1 Å². The molecule has 1 aliphatic rings. The summed E-state index contributed by atoms with van der Waals surface area (Å²) in [6, 6.07) is 9.80. The number of carbonyl (C=O) groups excluding carboxylic acids is 1. The number of aliphatic carboxylic acids is 1. The number of carboxylic acid groups (broad SMARTS) is 1. The Labute approximate surface area is 136 Å². The number of nitrogens with zero attached hydrogens (tertiary/aromatic N) is 2. The first-order chi connectivity index (χ1) is 10.9. The van der Waals surface area contributed by atoms with Gasteiger partial charge in [-0.3, -0.25) is 14.5 Å². The largest absolute Gasteiger partial charge is 0.481 e. The van der Waals surface area contributed by atoms with E-state index in [0.717, 1.165) is 5.56 Å². The van der Waals surface area contributed by atoms with E-state index in [1.54, 1.807) is 4.90 Å². The van der Waals surface area contributed by atoms with Gasteiger partial charge in [-0.25, -0.2) is 0 Å². The molecular weight excluding hydrogens is 296 g/mol. The van der Waals surface area contributed by atoms with Gasteiger partial charge in [-0.05, 0) is 26.1 Å². The minimum Gasteiger partial charge on any atom is -0.481 e. The van der Waals surface area contributed by atoms with Crippen LogP contribution in [-0.2, 0) is 15.1 Å². The molecule has 0 saturated carbocycles. The van der Waals surface area contributed by atoms with Crippen LogP contribution in [0.4, 0.5) is 0 Å². The van der Waals surface area contributed by atoms with Crippen LogP contribution in [0.1, 0.15) is 24.8 Å². The SMILES string of the molecule is CN(C)[C@]1(c2ccccc2)CCN(C(=O)CCC(=O)O)C[C@H]1O. The Kier molecular flexibility index (Phi) is 5.38. The van der Waals surface area contributed by atoms with Crippen LogP contribution < -0.4 is 0 Å². The molecule has 1 aliphatic heterocycles. The fourth-order valence-electron chi connectivity index (χ4n) is 3.36. The van der Waals surface area contributed by atoms with E-state index in [2.05, 4.69) is 0 Å². The molecule has 6 heteroatoms. The third kappa shape index (κ3) is 3.54. The number of carboxylic acids is 1. The highest BCUT2D eigenvalue weighted by Crippen LogP contribution is 2.37. The van der Waals surface area contributed by atoms with Crippen molar-refractivity contribution < 1.29 is 19.8 Å². The summed E-state index contributed by atoms with van der Waals surface area (Å²) in [5.41, 5.74) is 0.486. The van der Waals surface area contributed by atoms with E-state index >= 15 is 0 Å². The van der Waals surface area contributed by atoms with Gasteiger partial charge >= 0.3 is 5.97 Å². The summed E-state index contributed by atoms with van der Waals surface area (Å²) in [5, 5.41) is 19.5. The van der Waals surface area contributed by atoms with Crippen molar-refractivity contribution in [2.45, 2.75) is 30.9 Å². The maximum Gasteiger partial charge on any atom is 0.303 e. The molecule has 1 fully saturated rings. The van der Waals surface area contributed by atoms with Crippen LogP contribution in [0.15, 0.2) is 30.3 Å². The van der Waals surface area contributed by atoms with E-state index in [1.807, 2.05) is 49.3 Å². The number of carbonyl (C=O) groups is 2. The van der Waals surface area contributed by atoms with Gasteiger partial charge in [0.15, 0.2) is 0 Å². The van der Waals surface area contributed by atoms with Gasteiger partial charge in [0.1, 0.15) is 0 Å². The zero-order valence-electron chi connectivity index (χ0n) is 13.6. The van der Waals surface area contributed by atoms with Crippen LogP contribution >= 0.6 is 0 Å². The smallest absolute Gasteiger partial charge is 0.303 e. The van der Waals surface area contributed by atoms with Crippen LogP contribution in [0.25, 0.3) is 0 Å². The zero-order valence-corrected chi connectivity index (χ0v) is 13.6. The molecule has 126 valence electrons. The number of rotatable bonds is 5. The Balaban J connectivity index is 2.15. The minimum atomic E-state index is -0.983. The average Bonchev–Trinajstić information content (AvgIpc) is 2.53. The number of likely N-dealkylation sites (tertiary alicyclic amines) is 1. The second kappa shape index (κ2) is 7.10. The van der Waals surface area contributed by atoms with Crippen LogP contribution in [-0.4, -0.2) is 65.2 Å². The van der Waals surface area contributed by atoms with E-state index in [1.165, 1.54) is 0 Å². The van der Waals surface area contributed by atoms with Crippen LogP contribution in [0.5, 0.6) is 0 Å². The van der Waals surface area contributed by atoms with Crippen molar-refractivity contribution in [2.24, 2.45) is 0 Å². The normalized spacial score (nSPS) is 24.7. The molecule has 1 aromatic carbocycles. The van der Waals surface area contributed by atoms with Crippen LogP contribution in [0, 0.1) is 0 Å². The molecule has 1 aromatic rings. The van der Waals surface area contributed by atoms with Crippen molar-refractivity contribution in [3.63, 3.8) is 0 Å². The average molecular weight is 320 g/mol. The molecule has 2 N–H and O–H groups in total. The molecule has 0 unspecified atom stereocenters. The molecule has 0 bridgehead atoms. The summed E-state index contributed by atoms with van der Waals surface area (Å²) in [5.74, 6) is -1.20. The van der Waals surface area contributed by atoms with Gasteiger partial charge in [-0.2, -0.15) is 0 Å². The quantitative estimate of drug-likeness (QED) is 0.842. The van der Waals surface area contributed by atoms with E-state index < -0.39 is 17.6 Å². The molecule has 6 nitrogen and oxygen atoms in total. The lowest BCUT2D eigenvalue weighted by atomic mass is 9.77. The lowest BCUT2D eigenvalue weighted by Crippen LogP contribution is -2.60. The molecule has 1 heterocycles. The van der Waals surface area contributed by atoms with Gasteiger partial charge in [0.2, 0.25) is 5.91 Å². The van der Waals surface area contributed by atoms with Crippen molar-refractivity contribution >= 4 is 11.9 Å². The molecule has 0 spiro atoms. The van der Waals surface area contributed by atoms with Crippen LogP contribution in [0.2, 0.25) is 0 Å². The first kappa shape index (κ1) is 17.4. The number of hydrogen-bond acceptors (Lipinski definition) is 4. The predicted octanol–water partition coefficient (Wildman–Crippen LogP) is 0.901. The Hall–Kier alpha value is -1.92. The second-order valence-electron chi connectivity index (χ2n) is 6.18. The highest BCUT2D eigenvalue weighted by molar-refractivity contribution is 5.80. The molecule has 2 atom stereocenters. The maximum absolute atomic E-state index is 12.1. The van der Waals surface area contributed by atoms with Crippen molar-refractivity contribution in [1.29, 1.82) is 0 Å². The number of β-amino-alcohol motifs (C(OH)–C–C–N with tert-alkyl or cyclic N) is 1. The summed E-state index contributed by atoms with van der Waals surface area (Å²) < 4.78 is 0. The molecule has 1 amide bonds. The van der Waals surface area contributed by atoms with Gasteiger partial charge in [0.25, 0.3) is 0 Å². The third-order valence-electron chi connectivity index (χ3n) is 4.68. The molecule has 1 saturated heterocycles. The fraction of sp³-hybridized carbons (Fsp3) is 0.529. The Morgan fingerprint density at radius 2 is 1.91 bits per heavy atom. The molecule has 0 radical (unpaired) electrons. The molecule has 23 heavy (non-hydrogen) atoms. The summed E-state index contributed by atoms with van der Waals surface area (Å²) in [6.45, 7) is 0.716. The van der Waals surface area contributed by atoms with Gasteiger partial charge in [0.05, 0.1) is 18.1 Å². The van der Waals surface area contributed by atoms with Gasteiger partial charge in [0, 0.05) is 19.5 Å². The molecular formula is C17H24N2O4. The first-order valence-electron chi connectivity index (χ1n) is 7.78. The summed E-state index contributed by atoms with van der Waals surface area (Å²) in [6.07, 6.45) is -0.336. The van der Waals surface area contributed by atoms with Gasteiger partial charge in [-0.15, -0.1) is 0 Å². The van der Waals surface area contributed by atoms with E-state index in [-0.39, 0.29) is 25.3 Å². The van der Waals surface area contributed by atoms with Crippen molar-refractivity contribution in [1.82, 2.24) is 9.80 Å². The van der Waals surface area contributed by atoms with Gasteiger partial charge in [-0.1, -0.05) is 30.3 Å². The molecule has 2 rings (SSSR count). The lowest BCUT2D eigenvalue weighted by Gasteiger charge is -2.49. The summed E-state index contributed by atoms with van der Waals surface area (Å²) in [4.78, 5) is 26.3. The van der Waals surface area contributed by atoms with Crippen molar-refractivity contribution in [2.75, 3.05) is 27.2 Å². The highest BCUT2D eigenvalue weighted by atomic mass is 16.4. The number of aliphatic hydroxyl groups is 1. The predicted molar refractivity (Wildman–Crippen MR) is 85.9 cm³/mol. The first-order valence-corrected chi connectivity index (χ1v) is 7.78. The molecule has 0 aromatic heterocycles. The zero-order chi connectivity index (χ0) is 17.0. The van der Waals surface area contributed by atoms with Crippen molar-refractivity contribution in [3.05, 3.63) is 35.9 Å². The number of likely N-dealkylation sites (N-methyl/N-ethyl adjacent to an activating group) is 1. The number of aliphatic hydroxyl groups excluding tert-OH is 1. The summed E-state index contributed by atoms with van der Waals surface area (Å²) in [7, 11) is 3.86. The third-order valence-corrected chi connectivity index (χ3v) is 4.68. The number of hydrogen-bond donors (Lipinski definition) is 2. The standard InChI is InChI=1S/C17H24N2O4/c1-18(2)17(13-6-4-3-5-7-13)10-11-19(12-14(17)20)15(21)8-9-16(22)23/h3-7,14,20H,8-12H2,1-2H3,(H,22,23)/t14-,17+/m1/s1. The minimum absolute atomic E-state index is 0.0254. The fourth-order valence-corrected chi connectivity index (χ4v) is 3.36. The number of piperidine rings is 1. The van der Waals surface area contributed by atoms with Crippen molar-refractivity contribution in [3.8, 4) is 0 Å².